The van der Waals surface area contributed by atoms with Crippen LogP contribution in [0.2, 0.25) is 0 Å². The lowest BCUT2D eigenvalue weighted by molar-refractivity contribution is 0.102. The topological polar surface area (TPSA) is 79.8 Å². The van der Waals surface area contributed by atoms with Crippen molar-refractivity contribution in [1.82, 2.24) is 15.2 Å². The van der Waals surface area contributed by atoms with E-state index in [1.54, 1.807) is 25.4 Å². The highest BCUT2D eigenvalue weighted by molar-refractivity contribution is 7.15. The van der Waals surface area contributed by atoms with Crippen LogP contribution in [-0.2, 0) is 0 Å². The zero-order valence-corrected chi connectivity index (χ0v) is 10.2. The van der Waals surface area contributed by atoms with Crippen LogP contribution in [0.4, 0.5) is 10.8 Å². The number of hydrogen-bond donors (Lipinski definition) is 2. The Labute approximate surface area is 102 Å². The number of rotatable bonds is 3. The fourth-order valence-electron chi connectivity index (χ4n) is 1.18. The van der Waals surface area contributed by atoms with E-state index in [4.69, 9.17) is 0 Å². The summed E-state index contributed by atoms with van der Waals surface area (Å²) in [5, 5.41) is 14.5. The molecule has 0 aliphatic rings. The molecular formula is C10H11N5OS. The predicted molar refractivity (Wildman–Crippen MR) is 66.4 cm³/mol. The van der Waals surface area contributed by atoms with Crippen molar-refractivity contribution in [2.75, 3.05) is 17.7 Å². The zero-order chi connectivity index (χ0) is 12.3. The number of aromatic nitrogens is 3. The van der Waals surface area contributed by atoms with Gasteiger partial charge in [0.25, 0.3) is 5.91 Å². The van der Waals surface area contributed by atoms with Gasteiger partial charge in [-0.3, -0.25) is 10.1 Å². The number of nitrogens with one attached hydrogen (secondary N) is 2. The van der Waals surface area contributed by atoms with Crippen molar-refractivity contribution in [3.8, 4) is 0 Å². The SMILES string of the molecule is CNc1ccc(C(=O)Nc2nnc(C)s2)nc1. The Kier molecular flexibility index (Phi) is 3.29. The van der Waals surface area contributed by atoms with E-state index in [0.717, 1.165) is 10.7 Å². The maximum atomic E-state index is 11.8. The Hall–Kier alpha value is -2.02. The molecule has 2 N–H and O–H groups in total. The summed E-state index contributed by atoms with van der Waals surface area (Å²) in [5.74, 6) is -0.288. The van der Waals surface area contributed by atoms with Crippen LogP contribution in [0.3, 0.4) is 0 Å². The zero-order valence-electron chi connectivity index (χ0n) is 9.39. The van der Waals surface area contributed by atoms with Gasteiger partial charge >= 0.3 is 0 Å². The molecule has 2 aromatic heterocycles. The predicted octanol–water partition coefficient (Wildman–Crippen LogP) is 1.54. The second-order valence-electron chi connectivity index (χ2n) is 3.26. The first-order chi connectivity index (χ1) is 8.19. The summed E-state index contributed by atoms with van der Waals surface area (Å²) >= 11 is 1.32. The minimum absolute atomic E-state index is 0.288. The van der Waals surface area contributed by atoms with E-state index < -0.39 is 0 Å². The van der Waals surface area contributed by atoms with E-state index in [1.807, 2.05) is 6.92 Å². The molecule has 0 bridgehead atoms. The molecule has 0 unspecified atom stereocenters. The molecule has 0 aliphatic heterocycles. The van der Waals surface area contributed by atoms with Crippen molar-refractivity contribution in [2.24, 2.45) is 0 Å². The highest BCUT2D eigenvalue weighted by Crippen LogP contribution is 2.14. The van der Waals surface area contributed by atoms with Crippen molar-refractivity contribution in [1.29, 1.82) is 0 Å². The molecule has 0 saturated carbocycles. The molecule has 0 saturated heterocycles. The minimum Gasteiger partial charge on any atom is -0.387 e. The third kappa shape index (κ3) is 2.76. The van der Waals surface area contributed by atoms with Crippen LogP contribution in [0.1, 0.15) is 15.5 Å². The smallest absolute Gasteiger partial charge is 0.276 e. The van der Waals surface area contributed by atoms with Crippen molar-refractivity contribution in [3.63, 3.8) is 0 Å². The van der Waals surface area contributed by atoms with Crippen LogP contribution in [0.25, 0.3) is 0 Å². The molecule has 1 amide bonds. The standard InChI is InChI=1S/C10H11N5OS/c1-6-14-15-10(17-6)13-9(16)8-4-3-7(11-2)5-12-8/h3-5,11H,1-2H3,(H,13,15,16). The summed E-state index contributed by atoms with van der Waals surface area (Å²) in [6.07, 6.45) is 1.60. The van der Waals surface area contributed by atoms with Crippen LogP contribution in [0.5, 0.6) is 0 Å². The summed E-state index contributed by atoms with van der Waals surface area (Å²) in [4.78, 5) is 15.8. The summed E-state index contributed by atoms with van der Waals surface area (Å²) in [5.41, 5.74) is 1.20. The Morgan fingerprint density at radius 3 is 2.71 bits per heavy atom. The Morgan fingerprint density at radius 1 is 1.35 bits per heavy atom. The van der Waals surface area contributed by atoms with Gasteiger partial charge in [-0.1, -0.05) is 11.3 Å². The van der Waals surface area contributed by atoms with Gasteiger partial charge in [0.1, 0.15) is 10.7 Å². The highest BCUT2D eigenvalue weighted by Gasteiger charge is 2.09. The minimum atomic E-state index is -0.288. The van der Waals surface area contributed by atoms with E-state index in [9.17, 15) is 4.79 Å². The quantitative estimate of drug-likeness (QED) is 0.862. The number of carbonyl (C=O) groups is 1. The fraction of sp³-hybridized carbons (Fsp3) is 0.200. The molecule has 0 aromatic carbocycles. The average Bonchev–Trinajstić information content (AvgIpc) is 2.75. The van der Waals surface area contributed by atoms with E-state index >= 15 is 0 Å². The number of anilines is 2. The molecule has 88 valence electrons. The van der Waals surface area contributed by atoms with E-state index in [2.05, 4.69) is 25.8 Å². The van der Waals surface area contributed by atoms with Crippen molar-refractivity contribution in [3.05, 3.63) is 29.0 Å². The monoisotopic (exact) mass is 249 g/mol. The summed E-state index contributed by atoms with van der Waals surface area (Å²) < 4.78 is 0. The van der Waals surface area contributed by atoms with Gasteiger partial charge in [0, 0.05) is 7.05 Å². The van der Waals surface area contributed by atoms with Crippen molar-refractivity contribution in [2.45, 2.75) is 6.92 Å². The average molecular weight is 249 g/mol. The van der Waals surface area contributed by atoms with Gasteiger partial charge in [-0.25, -0.2) is 4.98 Å². The Morgan fingerprint density at radius 2 is 2.18 bits per heavy atom. The Bertz CT molecular complexity index is 522. The number of aryl methyl sites for hydroxylation is 1. The normalized spacial score (nSPS) is 10.0. The summed E-state index contributed by atoms with van der Waals surface area (Å²) in [6, 6.07) is 3.43. The van der Waals surface area contributed by atoms with E-state index in [1.165, 1.54) is 11.3 Å². The number of nitrogens with zero attached hydrogens (tertiary/aromatic N) is 3. The number of carbonyl (C=O) groups excluding carboxylic acids is 1. The van der Waals surface area contributed by atoms with Crippen molar-refractivity contribution >= 4 is 28.1 Å². The number of amides is 1. The maximum absolute atomic E-state index is 11.8. The lowest BCUT2D eigenvalue weighted by atomic mass is 10.3. The molecule has 0 aliphatic carbocycles. The first kappa shape index (κ1) is 11.5. The van der Waals surface area contributed by atoms with Gasteiger partial charge in [-0.2, -0.15) is 0 Å². The highest BCUT2D eigenvalue weighted by atomic mass is 32.1. The van der Waals surface area contributed by atoms with E-state index in [-0.39, 0.29) is 5.91 Å². The van der Waals surface area contributed by atoms with Gasteiger partial charge in [0.05, 0.1) is 11.9 Å². The van der Waals surface area contributed by atoms with Crippen LogP contribution >= 0.6 is 11.3 Å². The summed E-state index contributed by atoms with van der Waals surface area (Å²) in [6.45, 7) is 1.83. The molecule has 2 aromatic rings. The van der Waals surface area contributed by atoms with Gasteiger partial charge in [0.2, 0.25) is 5.13 Å². The molecule has 17 heavy (non-hydrogen) atoms. The molecule has 0 atom stereocenters. The van der Waals surface area contributed by atoms with Crippen LogP contribution < -0.4 is 10.6 Å². The molecular weight excluding hydrogens is 238 g/mol. The second-order valence-corrected chi connectivity index (χ2v) is 4.44. The second kappa shape index (κ2) is 4.88. The van der Waals surface area contributed by atoms with Crippen molar-refractivity contribution < 1.29 is 4.79 Å². The lowest BCUT2D eigenvalue weighted by Crippen LogP contribution is -2.13. The molecule has 7 heteroatoms. The van der Waals surface area contributed by atoms with Gasteiger partial charge < -0.3 is 5.32 Å². The number of hydrogen-bond acceptors (Lipinski definition) is 6. The summed E-state index contributed by atoms with van der Waals surface area (Å²) in [7, 11) is 1.79. The van der Waals surface area contributed by atoms with Gasteiger partial charge in [-0.15, -0.1) is 10.2 Å². The van der Waals surface area contributed by atoms with Crippen LogP contribution in [-0.4, -0.2) is 28.1 Å². The molecule has 2 heterocycles. The Balaban J connectivity index is 2.09. The third-order valence-electron chi connectivity index (χ3n) is 2.03. The lowest BCUT2D eigenvalue weighted by Gasteiger charge is -2.02. The van der Waals surface area contributed by atoms with Crippen LogP contribution in [0.15, 0.2) is 18.3 Å². The molecule has 0 spiro atoms. The number of pyridine rings is 1. The van der Waals surface area contributed by atoms with Gasteiger partial charge in [0.15, 0.2) is 0 Å². The largest absolute Gasteiger partial charge is 0.387 e. The molecule has 6 nitrogen and oxygen atoms in total. The molecule has 2 rings (SSSR count). The fourth-order valence-corrected chi connectivity index (χ4v) is 1.77. The van der Waals surface area contributed by atoms with Gasteiger partial charge in [-0.05, 0) is 19.1 Å². The molecule has 0 radical (unpaired) electrons. The molecule has 0 fully saturated rings. The first-order valence-electron chi connectivity index (χ1n) is 4.94. The third-order valence-corrected chi connectivity index (χ3v) is 2.79. The first-order valence-corrected chi connectivity index (χ1v) is 5.76. The maximum Gasteiger partial charge on any atom is 0.276 e. The van der Waals surface area contributed by atoms with E-state index in [0.29, 0.717) is 10.8 Å². The van der Waals surface area contributed by atoms with Crippen LogP contribution in [0, 0.1) is 6.92 Å².